The molecule has 4 heterocycles. The van der Waals surface area contributed by atoms with E-state index in [9.17, 15) is 0 Å². The van der Waals surface area contributed by atoms with Crippen molar-refractivity contribution in [1.82, 2.24) is 20.3 Å². The normalized spacial score (nSPS) is 21.2. The highest BCUT2D eigenvalue weighted by atomic mass is 15.3. The molecule has 2 atom stereocenters. The first-order valence-electron chi connectivity index (χ1n) is 8.37. The van der Waals surface area contributed by atoms with Gasteiger partial charge in [0.15, 0.2) is 0 Å². The van der Waals surface area contributed by atoms with Crippen molar-refractivity contribution in [3.8, 4) is 11.3 Å². The Morgan fingerprint density at radius 3 is 2.71 bits per heavy atom. The number of pyridine rings is 3. The van der Waals surface area contributed by atoms with E-state index in [0.29, 0.717) is 12.1 Å². The first-order valence-corrected chi connectivity index (χ1v) is 8.37. The summed E-state index contributed by atoms with van der Waals surface area (Å²) in [5.74, 6) is 1.04. The van der Waals surface area contributed by atoms with Gasteiger partial charge in [-0.25, -0.2) is 4.98 Å². The van der Waals surface area contributed by atoms with Gasteiger partial charge in [-0.1, -0.05) is 0 Å². The fraction of sp³-hybridized carbons (Fsp3) is 0.316. The third kappa shape index (κ3) is 2.71. The van der Waals surface area contributed by atoms with Crippen molar-refractivity contribution in [3.05, 3.63) is 49.1 Å². The molecule has 3 aromatic heterocycles. The summed E-state index contributed by atoms with van der Waals surface area (Å²) in [5.41, 5.74) is 2.04. The summed E-state index contributed by atoms with van der Waals surface area (Å²) < 4.78 is 0. The summed E-state index contributed by atoms with van der Waals surface area (Å²) in [6, 6.07) is 9.02. The minimum absolute atomic E-state index is 0.401. The maximum Gasteiger partial charge on any atom is 0.137 e. The van der Waals surface area contributed by atoms with Crippen LogP contribution in [-0.4, -0.2) is 40.1 Å². The molecule has 5 heteroatoms. The van der Waals surface area contributed by atoms with Gasteiger partial charge in [-0.3, -0.25) is 9.97 Å². The Morgan fingerprint density at radius 1 is 1.08 bits per heavy atom. The van der Waals surface area contributed by atoms with E-state index in [1.807, 2.05) is 24.5 Å². The molecule has 0 spiro atoms. The van der Waals surface area contributed by atoms with E-state index < -0.39 is 0 Å². The van der Waals surface area contributed by atoms with Gasteiger partial charge in [0.25, 0.3) is 0 Å². The SMILES string of the molecule is C[C@H]1CN(c2nc(-c3ccncc3)cc3cnccc23)[C@@H](C)CN1. The minimum atomic E-state index is 0.401. The van der Waals surface area contributed by atoms with E-state index >= 15 is 0 Å². The highest BCUT2D eigenvalue weighted by molar-refractivity contribution is 5.94. The highest BCUT2D eigenvalue weighted by Crippen LogP contribution is 2.31. The summed E-state index contributed by atoms with van der Waals surface area (Å²) in [4.78, 5) is 15.8. The molecule has 0 aromatic carbocycles. The van der Waals surface area contributed by atoms with Gasteiger partial charge >= 0.3 is 0 Å². The van der Waals surface area contributed by atoms with Crippen molar-refractivity contribution in [1.29, 1.82) is 0 Å². The zero-order valence-corrected chi connectivity index (χ0v) is 14.0. The molecule has 1 aliphatic rings. The molecule has 122 valence electrons. The first kappa shape index (κ1) is 15.0. The highest BCUT2D eigenvalue weighted by Gasteiger charge is 2.25. The number of aromatic nitrogens is 3. The minimum Gasteiger partial charge on any atom is -0.351 e. The van der Waals surface area contributed by atoms with Gasteiger partial charge in [0.1, 0.15) is 5.82 Å². The molecule has 24 heavy (non-hydrogen) atoms. The van der Waals surface area contributed by atoms with Gasteiger partial charge in [-0.15, -0.1) is 0 Å². The molecule has 0 radical (unpaired) electrons. The largest absolute Gasteiger partial charge is 0.351 e. The molecule has 4 rings (SSSR count). The third-order valence-corrected chi connectivity index (χ3v) is 4.62. The second-order valence-electron chi connectivity index (χ2n) is 6.47. The van der Waals surface area contributed by atoms with Crippen LogP contribution in [0.5, 0.6) is 0 Å². The number of anilines is 1. The van der Waals surface area contributed by atoms with Crippen molar-refractivity contribution in [3.63, 3.8) is 0 Å². The van der Waals surface area contributed by atoms with Crippen LogP contribution >= 0.6 is 0 Å². The third-order valence-electron chi connectivity index (χ3n) is 4.62. The number of fused-ring (bicyclic) bond motifs is 1. The van der Waals surface area contributed by atoms with E-state index in [0.717, 1.165) is 40.9 Å². The summed E-state index contributed by atoms with van der Waals surface area (Å²) in [6.45, 7) is 6.38. The van der Waals surface area contributed by atoms with Crippen LogP contribution in [-0.2, 0) is 0 Å². The molecule has 5 nitrogen and oxygen atoms in total. The summed E-state index contributed by atoms with van der Waals surface area (Å²) in [5, 5.41) is 5.81. The van der Waals surface area contributed by atoms with Crippen molar-refractivity contribution < 1.29 is 0 Å². The van der Waals surface area contributed by atoms with E-state index in [1.165, 1.54) is 0 Å². The number of rotatable bonds is 2. The maximum atomic E-state index is 5.02. The van der Waals surface area contributed by atoms with Crippen LogP contribution in [0.3, 0.4) is 0 Å². The molecule has 3 aromatic rings. The van der Waals surface area contributed by atoms with Crippen LogP contribution in [0.25, 0.3) is 22.0 Å². The molecule has 0 aliphatic carbocycles. The van der Waals surface area contributed by atoms with Crippen LogP contribution in [0.15, 0.2) is 49.1 Å². The van der Waals surface area contributed by atoms with Crippen LogP contribution in [0.4, 0.5) is 5.82 Å². The molecular weight excluding hydrogens is 298 g/mol. The van der Waals surface area contributed by atoms with Crippen molar-refractivity contribution in [2.45, 2.75) is 25.9 Å². The molecule has 1 fully saturated rings. The van der Waals surface area contributed by atoms with E-state index in [2.05, 4.69) is 46.2 Å². The Hall–Kier alpha value is -2.53. The quantitative estimate of drug-likeness (QED) is 0.787. The van der Waals surface area contributed by atoms with E-state index in [-0.39, 0.29) is 0 Å². The zero-order valence-electron chi connectivity index (χ0n) is 14.0. The molecule has 0 bridgehead atoms. The fourth-order valence-corrected chi connectivity index (χ4v) is 3.29. The maximum absolute atomic E-state index is 5.02. The monoisotopic (exact) mass is 319 g/mol. The van der Waals surface area contributed by atoms with Gasteiger partial charge < -0.3 is 10.2 Å². The van der Waals surface area contributed by atoms with Gasteiger partial charge in [-0.05, 0) is 38.1 Å². The van der Waals surface area contributed by atoms with Gasteiger partial charge in [0.05, 0.1) is 5.69 Å². The average molecular weight is 319 g/mol. The predicted molar refractivity (Wildman–Crippen MR) is 97.0 cm³/mol. The Kier molecular flexibility index (Phi) is 3.86. The van der Waals surface area contributed by atoms with Gasteiger partial charge in [0, 0.05) is 66.3 Å². The average Bonchev–Trinajstić information content (AvgIpc) is 2.63. The van der Waals surface area contributed by atoms with E-state index in [4.69, 9.17) is 4.98 Å². The number of hydrogen-bond donors (Lipinski definition) is 1. The summed E-state index contributed by atoms with van der Waals surface area (Å²) in [7, 11) is 0. The van der Waals surface area contributed by atoms with E-state index in [1.54, 1.807) is 12.4 Å². The fourth-order valence-electron chi connectivity index (χ4n) is 3.29. The predicted octanol–water partition coefficient (Wildman–Crippen LogP) is 2.88. The van der Waals surface area contributed by atoms with Crippen molar-refractivity contribution >= 4 is 16.6 Å². The Labute approximate surface area is 141 Å². The zero-order chi connectivity index (χ0) is 16.5. The Morgan fingerprint density at radius 2 is 1.88 bits per heavy atom. The Bertz CT molecular complexity index is 849. The lowest BCUT2D eigenvalue weighted by Gasteiger charge is -2.39. The Balaban J connectivity index is 1.89. The molecular formula is C19H21N5. The van der Waals surface area contributed by atoms with Crippen LogP contribution in [0.1, 0.15) is 13.8 Å². The van der Waals surface area contributed by atoms with Gasteiger partial charge in [0.2, 0.25) is 0 Å². The molecule has 0 amide bonds. The standard InChI is InChI=1S/C19H21N5/c1-13-12-24(14(2)10-22-13)19-17-5-8-21-11-16(17)9-18(23-19)15-3-6-20-7-4-15/h3-9,11,13-14,22H,10,12H2,1-2H3/t13-,14-/m0/s1. The number of nitrogens with zero attached hydrogens (tertiary/aromatic N) is 4. The first-order chi connectivity index (χ1) is 11.7. The van der Waals surface area contributed by atoms with Crippen LogP contribution < -0.4 is 10.2 Å². The summed E-state index contributed by atoms with van der Waals surface area (Å²) >= 11 is 0. The number of nitrogens with one attached hydrogen (secondary N) is 1. The lowest BCUT2D eigenvalue weighted by atomic mass is 10.1. The topological polar surface area (TPSA) is 53.9 Å². The molecule has 0 unspecified atom stereocenters. The molecule has 0 saturated carbocycles. The second-order valence-corrected chi connectivity index (χ2v) is 6.47. The van der Waals surface area contributed by atoms with Crippen LogP contribution in [0, 0.1) is 0 Å². The molecule has 1 N–H and O–H groups in total. The smallest absolute Gasteiger partial charge is 0.137 e. The number of piperazine rings is 1. The molecule has 1 saturated heterocycles. The van der Waals surface area contributed by atoms with Gasteiger partial charge in [-0.2, -0.15) is 0 Å². The van der Waals surface area contributed by atoms with Crippen molar-refractivity contribution in [2.24, 2.45) is 0 Å². The lowest BCUT2D eigenvalue weighted by Crippen LogP contribution is -2.54. The van der Waals surface area contributed by atoms with Crippen molar-refractivity contribution in [2.75, 3.05) is 18.0 Å². The summed E-state index contributed by atoms with van der Waals surface area (Å²) in [6.07, 6.45) is 7.37. The van der Waals surface area contributed by atoms with Crippen LogP contribution in [0.2, 0.25) is 0 Å². The second kappa shape index (κ2) is 6.17. The lowest BCUT2D eigenvalue weighted by molar-refractivity contribution is 0.423. The molecule has 1 aliphatic heterocycles. The number of hydrogen-bond acceptors (Lipinski definition) is 5.